The third-order valence-corrected chi connectivity index (χ3v) is 6.62. The van der Waals surface area contributed by atoms with Crippen molar-refractivity contribution in [2.24, 2.45) is 0 Å². The topological polar surface area (TPSA) is 130 Å². The minimum Gasteiger partial charge on any atom is -0.355 e. The van der Waals surface area contributed by atoms with Crippen LogP contribution < -0.4 is 15.4 Å². The molecule has 2 aliphatic rings. The maximum absolute atomic E-state index is 12.7. The summed E-state index contributed by atoms with van der Waals surface area (Å²) in [7, 11) is -3.02. The van der Waals surface area contributed by atoms with Crippen LogP contribution in [0, 0.1) is 0 Å². The number of aromatic nitrogens is 2. The van der Waals surface area contributed by atoms with Gasteiger partial charge in [-0.05, 0) is 66.8 Å². The van der Waals surface area contributed by atoms with Crippen LogP contribution in [0.1, 0.15) is 45.5 Å². The Kier molecular flexibility index (Phi) is 4.95. The summed E-state index contributed by atoms with van der Waals surface area (Å²) in [6.45, 7) is 0. The van der Waals surface area contributed by atoms with Gasteiger partial charge < -0.3 is 10.6 Å². The van der Waals surface area contributed by atoms with Crippen molar-refractivity contribution in [2.45, 2.75) is 43.6 Å². The number of amides is 3. The molecule has 0 saturated heterocycles. The molecule has 4 rings (SSSR count). The van der Waals surface area contributed by atoms with Gasteiger partial charge in [0.25, 0.3) is 15.9 Å². The van der Waals surface area contributed by atoms with Crippen LogP contribution in [0.3, 0.4) is 0 Å². The summed E-state index contributed by atoms with van der Waals surface area (Å²) in [4.78, 5) is 24.5. The Morgan fingerprint density at radius 1 is 1.03 bits per heavy atom. The van der Waals surface area contributed by atoms with Crippen molar-refractivity contribution in [1.29, 1.82) is 0 Å². The van der Waals surface area contributed by atoms with Crippen LogP contribution in [0.2, 0.25) is 0 Å². The van der Waals surface area contributed by atoms with E-state index in [9.17, 15) is 18.0 Å². The molecular weight excluding hydrogens is 394 g/mol. The fourth-order valence-corrected chi connectivity index (χ4v) is 5.10. The van der Waals surface area contributed by atoms with Gasteiger partial charge in [0, 0.05) is 12.7 Å². The van der Waals surface area contributed by atoms with Gasteiger partial charge in [0.15, 0.2) is 0 Å². The molecule has 0 bridgehead atoms. The second-order valence-electron chi connectivity index (χ2n) is 7.12. The lowest BCUT2D eigenvalue weighted by Crippen LogP contribution is -2.37. The van der Waals surface area contributed by atoms with E-state index < -0.39 is 27.0 Å². The third kappa shape index (κ3) is 3.55. The number of carbonyl (C=O) groups is 2. The molecule has 29 heavy (non-hydrogen) atoms. The maximum Gasteiger partial charge on any atom is 0.333 e. The Morgan fingerprint density at radius 2 is 1.69 bits per heavy atom. The van der Waals surface area contributed by atoms with Crippen LogP contribution in [0.5, 0.6) is 0 Å². The molecule has 1 aromatic heterocycles. The molecule has 3 amide bonds. The first kappa shape index (κ1) is 19.3. The Bertz CT molecular complexity index is 1080. The molecule has 0 atom stereocenters. The normalized spacial score (nSPS) is 14.8. The maximum atomic E-state index is 12.7. The van der Waals surface area contributed by atoms with E-state index in [1.54, 1.807) is 0 Å². The Morgan fingerprint density at radius 3 is 2.31 bits per heavy atom. The van der Waals surface area contributed by atoms with E-state index in [-0.39, 0.29) is 5.56 Å². The van der Waals surface area contributed by atoms with Crippen LogP contribution >= 0.6 is 0 Å². The summed E-state index contributed by atoms with van der Waals surface area (Å²) in [6.07, 6.45) is 6.88. The number of hydrogen-bond donors (Lipinski definition) is 3. The molecule has 0 unspecified atom stereocenters. The predicted molar refractivity (Wildman–Crippen MR) is 105 cm³/mol. The van der Waals surface area contributed by atoms with Crippen molar-refractivity contribution >= 4 is 27.6 Å². The Hall–Kier alpha value is -3.01. The number of sulfonamides is 1. The number of anilines is 1. The molecule has 10 heteroatoms. The molecule has 0 spiro atoms. The molecular formula is C19H21N5O4S. The number of hydrogen-bond acceptors (Lipinski definition) is 6. The fourth-order valence-electron chi connectivity index (χ4n) is 4.10. The number of urea groups is 1. The molecule has 2 aliphatic carbocycles. The van der Waals surface area contributed by atoms with Crippen LogP contribution in [-0.4, -0.2) is 37.6 Å². The number of rotatable bonds is 4. The van der Waals surface area contributed by atoms with E-state index in [1.807, 2.05) is 4.72 Å². The Labute approximate surface area is 168 Å². The van der Waals surface area contributed by atoms with Gasteiger partial charge in [-0.2, -0.15) is 13.5 Å². The molecule has 1 aromatic carbocycles. The summed E-state index contributed by atoms with van der Waals surface area (Å²) in [5.74, 6) is -0.639. The van der Waals surface area contributed by atoms with Crippen molar-refractivity contribution < 1.29 is 18.0 Å². The summed E-state index contributed by atoms with van der Waals surface area (Å²) in [5.41, 5.74) is 5.15. The molecule has 0 aliphatic heterocycles. The minimum absolute atomic E-state index is 0.190. The minimum atomic E-state index is -4.39. The standard InChI is InChI=1S/C19H21N5O4S/c1-20-17(25)15-8-9-21-23-18(15)29(27,28)24-19(26)22-16-13-6-2-4-11(13)10-12-5-3-7-14(12)16/h8-10H,2-7H2,1H3,(H,20,25)(H2,22,24,26). The molecule has 152 valence electrons. The smallest absolute Gasteiger partial charge is 0.333 e. The monoisotopic (exact) mass is 415 g/mol. The van der Waals surface area contributed by atoms with Crippen molar-refractivity contribution in [2.75, 3.05) is 12.4 Å². The zero-order valence-corrected chi connectivity index (χ0v) is 16.7. The second kappa shape index (κ2) is 7.43. The molecule has 0 fully saturated rings. The SMILES string of the molecule is CNC(=O)c1ccnnc1S(=O)(=O)NC(=O)Nc1c2c(cc3c1CCC3)CCC2. The largest absolute Gasteiger partial charge is 0.355 e. The molecule has 9 nitrogen and oxygen atoms in total. The second-order valence-corrected chi connectivity index (χ2v) is 8.72. The highest BCUT2D eigenvalue weighted by molar-refractivity contribution is 7.90. The average molecular weight is 415 g/mol. The van der Waals surface area contributed by atoms with Crippen LogP contribution in [0.4, 0.5) is 10.5 Å². The molecule has 3 N–H and O–H groups in total. The van der Waals surface area contributed by atoms with Crippen molar-refractivity contribution in [3.8, 4) is 0 Å². The van der Waals surface area contributed by atoms with Gasteiger partial charge in [-0.1, -0.05) is 6.07 Å². The molecule has 0 saturated carbocycles. The first-order valence-electron chi connectivity index (χ1n) is 9.45. The van der Waals surface area contributed by atoms with Crippen LogP contribution in [0.15, 0.2) is 23.4 Å². The zero-order valence-electron chi connectivity index (χ0n) is 15.9. The lowest BCUT2D eigenvalue weighted by molar-refractivity contribution is 0.0958. The van der Waals surface area contributed by atoms with Gasteiger partial charge in [-0.3, -0.25) is 4.79 Å². The van der Waals surface area contributed by atoms with Gasteiger partial charge in [-0.15, -0.1) is 5.10 Å². The summed E-state index contributed by atoms with van der Waals surface area (Å²) in [5, 5.41) is 11.6. The molecule has 1 heterocycles. The zero-order chi connectivity index (χ0) is 20.6. The van der Waals surface area contributed by atoms with E-state index in [2.05, 4.69) is 26.9 Å². The summed E-state index contributed by atoms with van der Waals surface area (Å²) < 4.78 is 27.3. The van der Waals surface area contributed by atoms with E-state index in [4.69, 9.17) is 0 Å². The Balaban J connectivity index is 1.61. The van der Waals surface area contributed by atoms with Gasteiger partial charge in [0.2, 0.25) is 5.03 Å². The summed E-state index contributed by atoms with van der Waals surface area (Å²) in [6, 6.07) is 2.57. The van der Waals surface area contributed by atoms with Gasteiger partial charge in [0.1, 0.15) is 0 Å². The fraction of sp³-hybridized carbons (Fsp3) is 0.368. The predicted octanol–water partition coefficient (Wildman–Crippen LogP) is 1.32. The third-order valence-electron chi connectivity index (χ3n) is 5.35. The van der Waals surface area contributed by atoms with E-state index in [1.165, 1.54) is 30.4 Å². The summed E-state index contributed by atoms with van der Waals surface area (Å²) >= 11 is 0. The van der Waals surface area contributed by atoms with E-state index in [0.29, 0.717) is 0 Å². The average Bonchev–Trinajstić information content (AvgIpc) is 3.36. The van der Waals surface area contributed by atoms with Crippen molar-refractivity contribution in [3.63, 3.8) is 0 Å². The highest BCUT2D eigenvalue weighted by atomic mass is 32.2. The van der Waals surface area contributed by atoms with Gasteiger partial charge in [0.05, 0.1) is 11.8 Å². The number of fused-ring (bicyclic) bond motifs is 2. The number of carbonyl (C=O) groups excluding carboxylic acids is 2. The van der Waals surface area contributed by atoms with Crippen molar-refractivity contribution in [1.82, 2.24) is 20.2 Å². The number of nitrogens with zero attached hydrogens (tertiary/aromatic N) is 2. The van der Waals surface area contributed by atoms with Crippen LogP contribution in [0.25, 0.3) is 0 Å². The highest BCUT2D eigenvalue weighted by Gasteiger charge is 2.29. The number of nitrogens with one attached hydrogen (secondary N) is 3. The van der Waals surface area contributed by atoms with Crippen LogP contribution in [-0.2, 0) is 35.7 Å². The van der Waals surface area contributed by atoms with E-state index in [0.717, 1.165) is 55.3 Å². The van der Waals surface area contributed by atoms with Gasteiger partial charge in [-0.25, -0.2) is 9.52 Å². The first-order chi connectivity index (χ1) is 13.9. The van der Waals surface area contributed by atoms with E-state index >= 15 is 0 Å². The molecule has 0 radical (unpaired) electrons. The highest BCUT2D eigenvalue weighted by Crippen LogP contribution is 2.38. The number of aryl methyl sites for hydroxylation is 2. The van der Waals surface area contributed by atoms with Gasteiger partial charge >= 0.3 is 6.03 Å². The lowest BCUT2D eigenvalue weighted by Gasteiger charge is -2.16. The number of benzene rings is 1. The quantitative estimate of drug-likeness (QED) is 0.691. The lowest BCUT2D eigenvalue weighted by atomic mass is 9.99. The first-order valence-corrected chi connectivity index (χ1v) is 10.9. The molecule has 2 aromatic rings. The van der Waals surface area contributed by atoms with Crippen molar-refractivity contribution in [3.05, 3.63) is 46.1 Å².